The molecule has 1 aliphatic rings. The van der Waals surface area contributed by atoms with Crippen LogP contribution in [-0.2, 0) is 18.9 Å². The molecule has 0 spiro atoms. The summed E-state index contributed by atoms with van der Waals surface area (Å²) in [6.07, 6.45) is -9.73. The highest BCUT2D eigenvalue weighted by molar-refractivity contribution is 7.17. The average Bonchev–Trinajstić information content (AvgIpc) is 3.13. The molecular weight excluding hydrogens is 486 g/mol. The summed E-state index contributed by atoms with van der Waals surface area (Å²) in [4.78, 5) is 15.4. The SMILES string of the molecule is O=c1cc(Cn2nc(C(F)(F)F)cc2Cl)nc2sc(C(F)(F)F)c(N3CC(F)(F)C3)n12. The zero-order valence-electron chi connectivity index (χ0n) is 14.7. The summed E-state index contributed by atoms with van der Waals surface area (Å²) in [5.41, 5.74) is -2.53. The monoisotopic (exact) mass is 493 g/mol. The zero-order chi connectivity index (χ0) is 22.9. The number of rotatable bonds is 3. The van der Waals surface area contributed by atoms with Crippen LogP contribution >= 0.6 is 22.9 Å². The smallest absolute Gasteiger partial charge is 0.344 e. The largest absolute Gasteiger partial charge is 0.435 e. The highest BCUT2D eigenvalue weighted by atomic mass is 35.5. The second-order valence-corrected chi connectivity index (χ2v) is 8.04. The third-order valence-corrected chi connectivity index (χ3v) is 5.66. The minimum Gasteiger partial charge on any atom is -0.344 e. The summed E-state index contributed by atoms with van der Waals surface area (Å²) in [6.45, 7) is -2.53. The molecule has 0 atom stereocenters. The van der Waals surface area contributed by atoms with Crippen molar-refractivity contribution in [3.8, 4) is 0 Å². The molecule has 168 valence electrons. The summed E-state index contributed by atoms with van der Waals surface area (Å²) in [5.74, 6) is -3.94. The molecule has 1 aliphatic heterocycles. The summed E-state index contributed by atoms with van der Waals surface area (Å²) >= 11 is 5.77. The first-order valence-corrected chi connectivity index (χ1v) is 9.41. The number of anilines is 1. The van der Waals surface area contributed by atoms with Crippen LogP contribution < -0.4 is 10.5 Å². The van der Waals surface area contributed by atoms with Crippen molar-refractivity contribution in [2.75, 3.05) is 18.0 Å². The van der Waals surface area contributed by atoms with Crippen molar-refractivity contribution in [2.24, 2.45) is 0 Å². The Morgan fingerprint density at radius 1 is 1.10 bits per heavy atom. The van der Waals surface area contributed by atoms with Crippen LogP contribution in [0, 0.1) is 0 Å². The van der Waals surface area contributed by atoms with Gasteiger partial charge < -0.3 is 4.90 Å². The average molecular weight is 494 g/mol. The normalized spacial score (nSPS) is 16.7. The van der Waals surface area contributed by atoms with Gasteiger partial charge in [0.15, 0.2) is 15.5 Å². The molecule has 1 saturated heterocycles. The van der Waals surface area contributed by atoms with Crippen molar-refractivity contribution in [1.82, 2.24) is 19.2 Å². The van der Waals surface area contributed by atoms with E-state index in [1.807, 2.05) is 0 Å². The first-order valence-electron chi connectivity index (χ1n) is 8.22. The van der Waals surface area contributed by atoms with Crippen molar-refractivity contribution in [1.29, 1.82) is 0 Å². The molecule has 0 bridgehead atoms. The fraction of sp³-hybridized carbons (Fsp3) is 0.400. The third kappa shape index (κ3) is 3.95. The predicted molar refractivity (Wildman–Crippen MR) is 92.8 cm³/mol. The molecule has 31 heavy (non-hydrogen) atoms. The first kappa shape index (κ1) is 21.8. The van der Waals surface area contributed by atoms with Gasteiger partial charge in [-0.15, -0.1) is 0 Å². The van der Waals surface area contributed by atoms with Gasteiger partial charge in [-0.3, -0.25) is 4.79 Å². The van der Waals surface area contributed by atoms with Crippen molar-refractivity contribution in [3.63, 3.8) is 0 Å². The minimum atomic E-state index is -4.95. The molecule has 0 aromatic carbocycles. The Kier molecular flexibility index (Phi) is 4.77. The number of fused-ring (bicyclic) bond motifs is 1. The van der Waals surface area contributed by atoms with Crippen molar-refractivity contribution in [2.45, 2.75) is 24.8 Å². The van der Waals surface area contributed by atoms with Gasteiger partial charge in [-0.05, 0) is 0 Å². The van der Waals surface area contributed by atoms with E-state index in [0.717, 1.165) is 11.0 Å². The second kappa shape index (κ2) is 6.79. The van der Waals surface area contributed by atoms with E-state index < -0.39 is 70.0 Å². The van der Waals surface area contributed by atoms with E-state index in [0.29, 0.717) is 15.1 Å². The molecule has 16 heteroatoms. The van der Waals surface area contributed by atoms with E-state index >= 15 is 0 Å². The number of hydrogen-bond acceptors (Lipinski definition) is 5. The standard InChI is InChI=1S/C15H8ClF8N5OS/c16-8-2-7(14(19,20)21)26-28(8)3-6-1-9(30)29-11(27-4-13(17,18)5-27)10(15(22,23)24)31-12(29)25-6/h1-2H,3-5H2. The van der Waals surface area contributed by atoms with E-state index in [4.69, 9.17) is 11.6 Å². The molecule has 1 fully saturated rings. The molecule has 6 nitrogen and oxygen atoms in total. The number of alkyl halides is 8. The van der Waals surface area contributed by atoms with E-state index in [2.05, 4.69) is 10.1 Å². The Labute approximate surface area is 175 Å². The molecule has 3 aromatic heterocycles. The minimum absolute atomic E-state index is 0.0588. The molecule has 0 unspecified atom stereocenters. The van der Waals surface area contributed by atoms with Gasteiger partial charge in [-0.1, -0.05) is 22.9 Å². The lowest BCUT2D eigenvalue weighted by Gasteiger charge is -2.40. The molecule has 0 aliphatic carbocycles. The molecule has 0 saturated carbocycles. The second-order valence-electron chi connectivity index (χ2n) is 6.68. The Bertz CT molecular complexity index is 1220. The van der Waals surface area contributed by atoms with Crippen LogP contribution in [0.4, 0.5) is 40.9 Å². The molecule has 0 amide bonds. The summed E-state index contributed by atoms with van der Waals surface area (Å²) in [7, 11) is 0. The summed E-state index contributed by atoms with van der Waals surface area (Å²) in [5, 5.41) is 2.83. The highest BCUT2D eigenvalue weighted by Crippen LogP contribution is 2.44. The first-order chi connectivity index (χ1) is 14.2. The third-order valence-electron chi connectivity index (χ3n) is 4.28. The molecule has 3 aromatic rings. The van der Waals surface area contributed by atoms with Gasteiger partial charge in [0.25, 0.3) is 11.5 Å². The maximum atomic E-state index is 13.5. The number of halogens is 9. The number of hydrogen-bond donors (Lipinski definition) is 0. The van der Waals surface area contributed by atoms with Gasteiger partial charge in [0.05, 0.1) is 25.3 Å². The van der Waals surface area contributed by atoms with Crippen LogP contribution in [-0.4, -0.2) is 38.2 Å². The number of thiazole rings is 1. The quantitative estimate of drug-likeness (QED) is 0.515. The molecular formula is C15H8ClF8N5OS. The molecule has 0 N–H and O–H groups in total. The molecule has 4 heterocycles. The van der Waals surface area contributed by atoms with Gasteiger partial charge in [0.2, 0.25) is 0 Å². The van der Waals surface area contributed by atoms with Crippen LogP contribution in [0.5, 0.6) is 0 Å². The van der Waals surface area contributed by atoms with Crippen LogP contribution in [0.25, 0.3) is 4.96 Å². The Morgan fingerprint density at radius 2 is 1.74 bits per heavy atom. The van der Waals surface area contributed by atoms with Gasteiger partial charge in [-0.2, -0.15) is 31.4 Å². The van der Waals surface area contributed by atoms with Gasteiger partial charge in [0, 0.05) is 12.1 Å². The van der Waals surface area contributed by atoms with Crippen molar-refractivity contribution < 1.29 is 35.1 Å². The zero-order valence-corrected chi connectivity index (χ0v) is 16.3. The Hall–Kier alpha value is -2.42. The van der Waals surface area contributed by atoms with Crippen LogP contribution in [0.15, 0.2) is 16.9 Å². The van der Waals surface area contributed by atoms with E-state index in [9.17, 15) is 39.9 Å². The Balaban J connectivity index is 1.78. The fourth-order valence-corrected chi connectivity index (χ4v) is 4.26. The summed E-state index contributed by atoms with van der Waals surface area (Å²) < 4.78 is 106. The van der Waals surface area contributed by atoms with Crippen LogP contribution in [0.1, 0.15) is 16.3 Å². The van der Waals surface area contributed by atoms with Gasteiger partial charge >= 0.3 is 12.4 Å². The lowest BCUT2D eigenvalue weighted by atomic mass is 10.1. The van der Waals surface area contributed by atoms with E-state index in [1.165, 1.54) is 0 Å². The highest BCUT2D eigenvalue weighted by Gasteiger charge is 2.49. The predicted octanol–water partition coefficient (Wildman–Crippen LogP) is 4.15. The lowest BCUT2D eigenvalue weighted by Crippen LogP contribution is -2.57. The molecule has 4 rings (SSSR count). The van der Waals surface area contributed by atoms with Crippen molar-refractivity contribution >= 4 is 33.7 Å². The van der Waals surface area contributed by atoms with Crippen LogP contribution in [0.3, 0.4) is 0 Å². The van der Waals surface area contributed by atoms with E-state index in [1.54, 1.807) is 0 Å². The number of nitrogens with zero attached hydrogens (tertiary/aromatic N) is 5. The maximum Gasteiger partial charge on any atom is 0.435 e. The lowest BCUT2D eigenvalue weighted by molar-refractivity contribution is -0.141. The van der Waals surface area contributed by atoms with Gasteiger partial charge in [0.1, 0.15) is 11.0 Å². The maximum absolute atomic E-state index is 13.5. The topological polar surface area (TPSA) is 55.4 Å². The van der Waals surface area contributed by atoms with Gasteiger partial charge in [-0.25, -0.2) is 22.8 Å². The fourth-order valence-electron chi connectivity index (χ4n) is 3.02. The number of aromatic nitrogens is 4. The molecule has 0 radical (unpaired) electrons. The van der Waals surface area contributed by atoms with E-state index in [-0.39, 0.29) is 17.0 Å². The summed E-state index contributed by atoms with van der Waals surface area (Å²) in [6, 6.07) is 1.33. The van der Waals surface area contributed by atoms with Crippen molar-refractivity contribution in [3.05, 3.63) is 43.9 Å². The van der Waals surface area contributed by atoms with Crippen LogP contribution in [0.2, 0.25) is 5.15 Å². The Morgan fingerprint density at radius 3 is 2.26 bits per heavy atom.